The predicted molar refractivity (Wildman–Crippen MR) is 92.0 cm³/mol. The van der Waals surface area contributed by atoms with Crippen molar-refractivity contribution in [2.45, 2.75) is 39.2 Å². The highest BCUT2D eigenvalue weighted by atomic mass is 16.2. The number of fused-ring (bicyclic) bond motifs is 2. The van der Waals surface area contributed by atoms with E-state index in [1.807, 2.05) is 30.4 Å². The summed E-state index contributed by atoms with van der Waals surface area (Å²) in [6, 6.07) is 10.4. The van der Waals surface area contributed by atoms with Gasteiger partial charge in [0.2, 0.25) is 0 Å². The van der Waals surface area contributed by atoms with Gasteiger partial charge < -0.3 is 5.32 Å². The van der Waals surface area contributed by atoms with Crippen LogP contribution in [0.15, 0.2) is 36.7 Å². The van der Waals surface area contributed by atoms with Crippen LogP contribution in [0.3, 0.4) is 0 Å². The van der Waals surface area contributed by atoms with Crippen LogP contribution in [0.4, 0.5) is 0 Å². The molecule has 1 amide bonds. The number of benzene rings is 1. The monoisotopic (exact) mass is 320 g/mol. The van der Waals surface area contributed by atoms with E-state index >= 15 is 0 Å². The molecule has 4 rings (SSSR count). The predicted octanol–water partition coefficient (Wildman–Crippen LogP) is 3.15. The molecule has 0 saturated carbocycles. The van der Waals surface area contributed by atoms with Gasteiger partial charge in [-0.1, -0.05) is 24.3 Å². The Morgan fingerprint density at radius 1 is 1.29 bits per heavy atom. The van der Waals surface area contributed by atoms with Crippen LogP contribution in [-0.2, 0) is 6.42 Å². The van der Waals surface area contributed by atoms with E-state index in [1.54, 1.807) is 6.33 Å². The van der Waals surface area contributed by atoms with Crippen molar-refractivity contribution in [2.75, 3.05) is 0 Å². The van der Waals surface area contributed by atoms with Gasteiger partial charge >= 0.3 is 0 Å². The Balaban J connectivity index is 1.66. The molecule has 1 N–H and O–H groups in total. The number of hydrogen-bond acceptors (Lipinski definition) is 3. The SMILES string of the molecule is Cc1cc(C)n2cnc(C(=O)NC3CCCc4ccccc43)c2n1. The van der Waals surface area contributed by atoms with Crippen LogP contribution in [0.25, 0.3) is 5.65 Å². The summed E-state index contributed by atoms with van der Waals surface area (Å²) in [6.45, 7) is 3.92. The number of carbonyl (C=O) groups is 1. The first-order valence-electron chi connectivity index (χ1n) is 8.33. The fraction of sp³-hybridized carbons (Fsp3) is 0.316. The molecule has 3 aromatic rings. The largest absolute Gasteiger partial charge is 0.344 e. The molecule has 2 aromatic heterocycles. The highest BCUT2D eigenvalue weighted by molar-refractivity contribution is 5.98. The molecule has 0 aliphatic heterocycles. The second-order valence-corrected chi connectivity index (χ2v) is 6.44. The molecule has 122 valence electrons. The van der Waals surface area contributed by atoms with E-state index in [1.165, 1.54) is 11.1 Å². The van der Waals surface area contributed by atoms with Crippen LogP contribution in [0.2, 0.25) is 0 Å². The molecule has 0 fully saturated rings. The number of imidazole rings is 1. The molecule has 0 bridgehead atoms. The highest BCUT2D eigenvalue weighted by Crippen LogP contribution is 2.29. The van der Waals surface area contributed by atoms with Crippen molar-refractivity contribution >= 4 is 11.6 Å². The molecule has 1 aliphatic rings. The van der Waals surface area contributed by atoms with Crippen molar-refractivity contribution in [2.24, 2.45) is 0 Å². The number of carbonyl (C=O) groups excluding carboxylic acids is 1. The molecule has 1 atom stereocenters. The van der Waals surface area contributed by atoms with Crippen molar-refractivity contribution in [1.82, 2.24) is 19.7 Å². The highest BCUT2D eigenvalue weighted by Gasteiger charge is 2.24. The maximum atomic E-state index is 12.8. The number of aromatic nitrogens is 3. The topological polar surface area (TPSA) is 59.3 Å². The van der Waals surface area contributed by atoms with Crippen molar-refractivity contribution in [3.05, 3.63) is 64.9 Å². The van der Waals surface area contributed by atoms with E-state index in [0.29, 0.717) is 11.3 Å². The standard InChI is InChI=1S/C19H20N4O/c1-12-10-13(2)23-11-20-17(18(23)21-12)19(24)22-16-9-5-7-14-6-3-4-8-15(14)16/h3-4,6,8,10-11,16H,5,7,9H2,1-2H3,(H,22,24). The third kappa shape index (κ3) is 2.46. The van der Waals surface area contributed by atoms with Crippen molar-refractivity contribution in [3.63, 3.8) is 0 Å². The van der Waals surface area contributed by atoms with Gasteiger partial charge in [-0.05, 0) is 50.3 Å². The quantitative estimate of drug-likeness (QED) is 0.789. The maximum absolute atomic E-state index is 12.8. The Morgan fingerprint density at radius 3 is 3.00 bits per heavy atom. The average molecular weight is 320 g/mol. The zero-order valence-corrected chi connectivity index (χ0v) is 13.9. The number of aryl methyl sites for hydroxylation is 3. The third-order valence-electron chi connectivity index (χ3n) is 4.71. The second kappa shape index (κ2) is 5.74. The van der Waals surface area contributed by atoms with Gasteiger partial charge in [0.25, 0.3) is 5.91 Å². The van der Waals surface area contributed by atoms with Gasteiger partial charge in [0.15, 0.2) is 11.3 Å². The lowest BCUT2D eigenvalue weighted by atomic mass is 9.88. The summed E-state index contributed by atoms with van der Waals surface area (Å²) >= 11 is 0. The number of nitrogens with zero attached hydrogens (tertiary/aromatic N) is 3. The Bertz CT molecular complexity index is 928. The molecule has 0 saturated heterocycles. The zero-order valence-electron chi connectivity index (χ0n) is 13.9. The fourth-order valence-electron chi connectivity index (χ4n) is 3.57. The average Bonchev–Trinajstić information content (AvgIpc) is 2.99. The lowest BCUT2D eigenvalue weighted by Gasteiger charge is -2.26. The molecule has 1 aromatic carbocycles. The summed E-state index contributed by atoms with van der Waals surface area (Å²) in [7, 11) is 0. The first kappa shape index (κ1) is 14.9. The molecule has 1 aliphatic carbocycles. The van der Waals surface area contributed by atoms with Crippen molar-refractivity contribution in [1.29, 1.82) is 0 Å². The summed E-state index contributed by atoms with van der Waals surface area (Å²) in [6.07, 6.45) is 4.79. The Kier molecular flexibility index (Phi) is 3.56. The zero-order chi connectivity index (χ0) is 16.7. The van der Waals surface area contributed by atoms with E-state index in [4.69, 9.17) is 0 Å². The van der Waals surface area contributed by atoms with Crippen LogP contribution in [0, 0.1) is 13.8 Å². The van der Waals surface area contributed by atoms with Crippen molar-refractivity contribution in [3.8, 4) is 0 Å². The first-order valence-corrected chi connectivity index (χ1v) is 8.33. The van der Waals surface area contributed by atoms with E-state index < -0.39 is 0 Å². The van der Waals surface area contributed by atoms with E-state index in [0.717, 1.165) is 30.7 Å². The summed E-state index contributed by atoms with van der Waals surface area (Å²) < 4.78 is 1.86. The lowest BCUT2D eigenvalue weighted by molar-refractivity contribution is 0.0929. The van der Waals surface area contributed by atoms with Crippen LogP contribution in [0.5, 0.6) is 0 Å². The Morgan fingerprint density at radius 2 is 2.12 bits per heavy atom. The number of nitrogens with one attached hydrogen (secondary N) is 1. The summed E-state index contributed by atoms with van der Waals surface area (Å²) in [5.74, 6) is -0.156. The minimum atomic E-state index is -0.156. The van der Waals surface area contributed by atoms with Crippen LogP contribution >= 0.6 is 0 Å². The summed E-state index contributed by atoms with van der Waals surface area (Å²) in [4.78, 5) is 21.6. The van der Waals surface area contributed by atoms with Gasteiger partial charge in [-0.25, -0.2) is 9.97 Å². The molecular formula is C19H20N4O. The Labute approximate surface area is 140 Å². The van der Waals surface area contributed by atoms with Gasteiger partial charge in [-0.3, -0.25) is 9.20 Å². The first-order chi connectivity index (χ1) is 11.6. The van der Waals surface area contributed by atoms with E-state index in [-0.39, 0.29) is 11.9 Å². The van der Waals surface area contributed by atoms with Crippen LogP contribution < -0.4 is 5.32 Å². The molecule has 0 spiro atoms. The number of rotatable bonds is 2. The van der Waals surface area contributed by atoms with Gasteiger partial charge in [-0.15, -0.1) is 0 Å². The third-order valence-corrected chi connectivity index (χ3v) is 4.71. The molecule has 1 unspecified atom stereocenters. The van der Waals surface area contributed by atoms with Crippen LogP contribution in [0.1, 0.15) is 51.9 Å². The maximum Gasteiger partial charge on any atom is 0.274 e. The van der Waals surface area contributed by atoms with Gasteiger partial charge in [-0.2, -0.15) is 0 Å². The minimum Gasteiger partial charge on any atom is -0.344 e. The van der Waals surface area contributed by atoms with E-state index in [2.05, 4.69) is 33.5 Å². The number of hydrogen-bond donors (Lipinski definition) is 1. The summed E-state index contributed by atoms with van der Waals surface area (Å²) in [5, 5.41) is 3.15. The molecule has 2 heterocycles. The second-order valence-electron chi connectivity index (χ2n) is 6.44. The number of amides is 1. The van der Waals surface area contributed by atoms with Crippen molar-refractivity contribution < 1.29 is 4.79 Å². The van der Waals surface area contributed by atoms with E-state index in [9.17, 15) is 4.79 Å². The smallest absolute Gasteiger partial charge is 0.274 e. The summed E-state index contributed by atoms with van der Waals surface area (Å²) in [5.41, 5.74) is 5.47. The Hall–Kier alpha value is -2.69. The normalized spacial score (nSPS) is 16.8. The fourth-order valence-corrected chi connectivity index (χ4v) is 3.57. The molecular weight excluding hydrogens is 300 g/mol. The van der Waals surface area contributed by atoms with Gasteiger partial charge in [0.05, 0.1) is 6.04 Å². The van der Waals surface area contributed by atoms with Gasteiger partial charge in [0, 0.05) is 11.4 Å². The van der Waals surface area contributed by atoms with Crippen LogP contribution in [-0.4, -0.2) is 20.3 Å². The molecule has 5 nitrogen and oxygen atoms in total. The lowest BCUT2D eigenvalue weighted by Crippen LogP contribution is -2.31. The molecule has 0 radical (unpaired) electrons. The molecule has 24 heavy (non-hydrogen) atoms. The molecule has 5 heteroatoms. The minimum absolute atomic E-state index is 0.0464. The van der Waals surface area contributed by atoms with Gasteiger partial charge in [0.1, 0.15) is 6.33 Å².